The molecule has 3 atom stereocenters. The molecule has 1 fully saturated rings. The zero-order valence-corrected chi connectivity index (χ0v) is 27.5. The van der Waals surface area contributed by atoms with E-state index < -0.39 is 29.9 Å². The fourth-order valence-corrected chi connectivity index (χ4v) is 5.57. The first kappa shape index (κ1) is 36.0. The number of piperidine rings is 1. The van der Waals surface area contributed by atoms with E-state index in [0.717, 1.165) is 0 Å². The number of carbonyl (C=O) groups excluding carboxylic acids is 4. The number of nitrogens with one attached hydrogen (secondary N) is 3. The molecule has 0 aliphatic carbocycles. The van der Waals surface area contributed by atoms with Crippen LogP contribution in [-0.2, 0) is 14.4 Å². The highest BCUT2D eigenvalue weighted by Crippen LogP contribution is 2.22. The van der Waals surface area contributed by atoms with Crippen molar-refractivity contribution in [3.8, 4) is 11.5 Å². The highest BCUT2D eigenvalue weighted by atomic mass is 19.1. The molecule has 1 saturated heterocycles. The van der Waals surface area contributed by atoms with Crippen molar-refractivity contribution in [2.75, 3.05) is 26.2 Å². The molecule has 0 spiro atoms. The minimum Gasteiger partial charge on any atom is -0.491 e. The number of hydrogen-bond donors (Lipinski definition) is 5. The van der Waals surface area contributed by atoms with Gasteiger partial charge in [0.15, 0.2) is 5.96 Å². The Hall–Kier alpha value is -4.88. The molecule has 2 aliphatic rings. The number of halogens is 1. The van der Waals surface area contributed by atoms with Crippen LogP contribution in [0.15, 0.2) is 53.5 Å². The summed E-state index contributed by atoms with van der Waals surface area (Å²) in [5.41, 5.74) is 11.1. The van der Waals surface area contributed by atoms with Gasteiger partial charge in [0.25, 0.3) is 5.91 Å². The van der Waals surface area contributed by atoms with Gasteiger partial charge in [-0.2, -0.15) is 0 Å². The summed E-state index contributed by atoms with van der Waals surface area (Å²) < 4.78 is 25.3. The summed E-state index contributed by atoms with van der Waals surface area (Å²) in [6, 6.07) is 10.1. The molecule has 0 aromatic heterocycles. The number of nitrogens with zero attached hydrogens (tertiary/aromatic N) is 2. The van der Waals surface area contributed by atoms with E-state index >= 15 is 0 Å². The molecule has 2 heterocycles. The van der Waals surface area contributed by atoms with E-state index in [9.17, 15) is 23.6 Å². The van der Waals surface area contributed by atoms with Crippen molar-refractivity contribution < 1.29 is 33.0 Å². The smallest absolute Gasteiger partial charge is 0.255 e. The Bertz CT molecular complexity index is 1440. The van der Waals surface area contributed by atoms with Crippen LogP contribution in [0.4, 0.5) is 4.39 Å². The van der Waals surface area contributed by atoms with E-state index in [1.807, 2.05) is 13.8 Å². The van der Waals surface area contributed by atoms with Crippen LogP contribution in [0.5, 0.6) is 11.5 Å². The third kappa shape index (κ3) is 10.6. The molecule has 0 saturated carbocycles. The zero-order valence-electron chi connectivity index (χ0n) is 27.5. The molecular formula is C34H46FN7O6. The number of nitrogens with two attached hydrogens (primary N) is 2. The molecular weight excluding hydrogens is 621 g/mol. The third-order valence-electron chi connectivity index (χ3n) is 8.41. The van der Waals surface area contributed by atoms with E-state index in [-0.39, 0.29) is 73.6 Å². The predicted molar refractivity (Wildman–Crippen MR) is 178 cm³/mol. The average molecular weight is 668 g/mol. The quantitative estimate of drug-likeness (QED) is 0.160. The van der Waals surface area contributed by atoms with Gasteiger partial charge in [-0.3, -0.25) is 24.2 Å². The van der Waals surface area contributed by atoms with E-state index in [1.165, 1.54) is 12.1 Å². The number of guanidine groups is 1. The average Bonchev–Trinajstić information content (AvgIpc) is 3.07. The lowest BCUT2D eigenvalue weighted by molar-refractivity contribution is -0.135. The number of hydrogen-bond acceptors (Lipinski definition) is 7. The molecule has 2 aromatic rings. The largest absolute Gasteiger partial charge is 0.491 e. The van der Waals surface area contributed by atoms with Crippen molar-refractivity contribution in [3.05, 3.63) is 59.9 Å². The van der Waals surface area contributed by atoms with Gasteiger partial charge in [0.1, 0.15) is 42.1 Å². The Kier molecular flexibility index (Phi) is 13.0. The van der Waals surface area contributed by atoms with Gasteiger partial charge in [-0.1, -0.05) is 26.0 Å². The Morgan fingerprint density at radius 2 is 1.73 bits per heavy atom. The van der Waals surface area contributed by atoms with Gasteiger partial charge in [0.2, 0.25) is 17.7 Å². The van der Waals surface area contributed by atoms with Gasteiger partial charge in [0.05, 0.1) is 11.6 Å². The second-order valence-electron chi connectivity index (χ2n) is 12.4. The summed E-state index contributed by atoms with van der Waals surface area (Å²) in [6.07, 6.45) is 1.50. The first-order valence-corrected chi connectivity index (χ1v) is 16.4. The van der Waals surface area contributed by atoms with Crippen molar-refractivity contribution in [2.24, 2.45) is 22.4 Å². The van der Waals surface area contributed by atoms with Gasteiger partial charge >= 0.3 is 0 Å². The number of rotatable bonds is 8. The van der Waals surface area contributed by atoms with Gasteiger partial charge in [-0.05, 0) is 61.6 Å². The van der Waals surface area contributed by atoms with Crippen LogP contribution in [0.2, 0.25) is 0 Å². The molecule has 4 amide bonds. The number of para-hydroxylation sites is 1. The molecule has 0 bridgehead atoms. The maximum absolute atomic E-state index is 13.8. The number of aliphatic imine (C=N–C) groups is 1. The van der Waals surface area contributed by atoms with Crippen LogP contribution in [0, 0.1) is 11.7 Å². The topological polar surface area (TPSA) is 190 Å². The molecule has 14 heteroatoms. The minimum atomic E-state index is -1.02. The van der Waals surface area contributed by atoms with Crippen LogP contribution >= 0.6 is 0 Å². The van der Waals surface area contributed by atoms with Crippen molar-refractivity contribution in [3.63, 3.8) is 0 Å². The lowest BCUT2D eigenvalue weighted by Crippen LogP contribution is -2.53. The van der Waals surface area contributed by atoms with Crippen LogP contribution in [0.1, 0.15) is 62.7 Å². The van der Waals surface area contributed by atoms with E-state index in [4.69, 9.17) is 20.9 Å². The minimum absolute atomic E-state index is 0.00238. The van der Waals surface area contributed by atoms with E-state index in [1.54, 1.807) is 41.3 Å². The Balaban J connectivity index is 1.51. The predicted octanol–water partition coefficient (Wildman–Crippen LogP) is 1.85. The van der Waals surface area contributed by atoms with Crippen LogP contribution in [-0.4, -0.2) is 85.0 Å². The fraction of sp³-hybridized carbons (Fsp3) is 0.500. The van der Waals surface area contributed by atoms with Crippen molar-refractivity contribution in [2.45, 2.75) is 76.6 Å². The lowest BCUT2D eigenvalue weighted by Gasteiger charge is -2.34. The van der Waals surface area contributed by atoms with Gasteiger partial charge in [-0.25, -0.2) is 4.39 Å². The normalized spacial score (nSPS) is 21.4. The molecule has 4 rings (SSSR count). The summed E-state index contributed by atoms with van der Waals surface area (Å²) in [4.78, 5) is 59.8. The molecule has 2 aliphatic heterocycles. The SMILES string of the molecule is CC(C)[C@@H]1COc2ccccc2C(=O)N[C@H](C(=O)N2CCC(Oc3ccc(F)cc3)CC2)CCC(=O)N[C@@H](CCCN=C(N)N)C(=O)N1. The Labute approximate surface area is 280 Å². The standard InChI is InChI=1S/C34H46FN7O6/c1-21(2)28-20-47-29-8-4-3-6-25(29)31(44)40-27(13-14-30(43)39-26(32(45)41-28)7-5-17-38-34(36)37)33(46)42-18-15-24(16-19-42)48-23-11-9-22(35)10-12-23/h3-4,6,8-12,21,24,26-28H,5,7,13-20H2,1-2H3,(H,39,43)(H,40,44)(H,41,45)(H4,36,37,38)/t26-,27-,28-/m0/s1. The fourth-order valence-electron chi connectivity index (χ4n) is 5.57. The molecule has 13 nitrogen and oxygen atoms in total. The third-order valence-corrected chi connectivity index (χ3v) is 8.41. The summed E-state index contributed by atoms with van der Waals surface area (Å²) in [5, 5.41) is 8.64. The lowest BCUT2D eigenvalue weighted by atomic mass is 10.0. The molecule has 48 heavy (non-hydrogen) atoms. The summed E-state index contributed by atoms with van der Waals surface area (Å²) in [5.74, 6) is -1.27. The maximum atomic E-state index is 13.8. The van der Waals surface area contributed by atoms with Crippen molar-refractivity contribution in [1.82, 2.24) is 20.9 Å². The highest BCUT2D eigenvalue weighted by molar-refractivity contribution is 6.00. The summed E-state index contributed by atoms with van der Waals surface area (Å²) >= 11 is 0. The first-order chi connectivity index (χ1) is 23.0. The van der Waals surface area contributed by atoms with E-state index in [0.29, 0.717) is 43.9 Å². The number of benzene rings is 2. The van der Waals surface area contributed by atoms with Crippen LogP contribution in [0.25, 0.3) is 0 Å². The van der Waals surface area contributed by atoms with Crippen molar-refractivity contribution in [1.29, 1.82) is 0 Å². The highest BCUT2D eigenvalue weighted by Gasteiger charge is 2.32. The number of carbonyl (C=O) groups is 4. The van der Waals surface area contributed by atoms with Crippen LogP contribution < -0.4 is 36.9 Å². The number of ether oxygens (including phenoxy) is 2. The monoisotopic (exact) mass is 667 g/mol. The number of amides is 4. The van der Waals surface area contributed by atoms with Gasteiger partial charge in [0, 0.05) is 38.9 Å². The second kappa shape index (κ2) is 17.3. The van der Waals surface area contributed by atoms with Gasteiger partial charge < -0.3 is 41.8 Å². The first-order valence-electron chi connectivity index (χ1n) is 16.4. The molecule has 7 N–H and O–H groups in total. The Morgan fingerprint density at radius 1 is 1.02 bits per heavy atom. The molecule has 2 aromatic carbocycles. The second-order valence-corrected chi connectivity index (χ2v) is 12.4. The number of likely N-dealkylation sites (tertiary alicyclic amines) is 1. The number of fused-ring (bicyclic) bond motifs is 1. The van der Waals surface area contributed by atoms with E-state index in [2.05, 4.69) is 20.9 Å². The maximum Gasteiger partial charge on any atom is 0.255 e. The molecule has 260 valence electrons. The summed E-state index contributed by atoms with van der Waals surface area (Å²) in [7, 11) is 0. The molecule has 0 unspecified atom stereocenters. The summed E-state index contributed by atoms with van der Waals surface area (Å²) in [6.45, 7) is 4.96. The molecule has 0 radical (unpaired) electrons. The van der Waals surface area contributed by atoms with Gasteiger partial charge in [-0.15, -0.1) is 0 Å². The van der Waals surface area contributed by atoms with Crippen LogP contribution in [0.3, 0.4) is 0 Å². The van der Waals surface area contributed by atoms with Crippen molar-refractivity contribution >= 4 is 29.6 Å². The zero-order chi connectivity index (χ0) is 34.6. The Morgan fingerprint density at radius 3 is 2.42 bits per heavy atom.